The van der Waals surface area contributed by atoms with E-state index in [0.29, 0.717) is 34.6 Å². The number of aromatic carboxylic acids is 1. The molecule has 1 aromatic heterocycles. The predicted molar refractivity (Wildman–Crippen MR) is 122 cm³/mol. The van der Waals surface area contributed by atoms with Gasteiger partial charge in [0.1, 0.15) is 5.56 Å². The summed E-state index contributed by atoms with van der Waals surface area (Å²) in [6, 6.07) is 14.5. The zero-order valence-electron chi connectivity index (χ0n) is 17.5. The Labute approximate surface area is 189 Å². The van der Waals surface area contributed by atoms with Crippen molar-refractivity contribution in [2.24, 2.45) is 0 Å². The van der Waals surface area contributed by atoms with Gasteiger partial charge in [0.05, 0.1) is 18.1 Å². The summed E-state index contributed by atoms with van der Waals surface area (Å²) in [6.45, 7) is 3.71. The molecule has 1 aliphatic rings. The minimum Gasteiger partial charge on any atom is -0.477 e. The van der Waals surface area contributed by atoms with E-state index in [2.05, 4.69) is 10.3 Å². The molecule has 0 radical (unpaired) electrons. The number of H-pyrrole nitrogens is 1. The lowest BCUT2D eigenvalue weighted by Gasteiger charge is -2.43. The minimum atomic E-state index is -1.31. The Hall–Kier alpha value is -3.20. The zero-order valence-corrected chi connectivity index (χ0v) is 18.2. The molecular weight excluding hydrogens is 432 g/mol. The van der Waals surface area contributed by atoms with Gasteiger partial charge in [-0.25, -0.2) is 9.80 Å². The van der Waals surface area contributed by atoms with Crippen LogP contribution in [0.3, 0.4) is 0 Å². The van der Waals surface area contributed by atoms with E-state index >= 15 is 0 Å². The number of aromatic amines is 1. The van der Waals surface area contributed by atoms with Gasteiger partial charge >= 0.3 is 5.97 Å². The summed E-state index contributed by atoms with van der Waals surface area (Å²) in [5.74, 6) is -1.46. The number of nitrogens with zero attached hydrogens (tertiary/aromatic N) is 2. The number of fused-ring (bicyclic) bond motifs is 1. The average Bonchev–Trinajstić information content (AvgIpc) is 2.77. The number of pyridine rings is 1. The van der Waals surface area contributed by atoms with Crippen molar-refractivity contribution in [1.29, 1.82) is 0 Å². The van der Waals surface area contributed by atoms with Crippen molar-refractivity contribution in [3.63, 3.8) is 0 Å². The number of nitrogens with one attached hydrogen (secondary N) is 2. The Morgan fingerprint density at radius 2 is 1.97 bits per heavy atom. The fraction of sp³-hybridized carbons (Fsp3) is 0.261. The summed E-state index contributed by atoms with van der Waals surface area (Å²) >= 11 is 6.30. The molecule has 1 aliphatic heterocycles. The van der Waals surface area contributed by atoms with Gasteiger partial charge in [-0.3, -0.25) is 14.6 Å². The lowest BCUT2D eigenvalue weighted by molar-refractivity contribution is -0.155. The summed E-state index contributed by atoms with van der Waals surface area (Å²) < 4.78 is 0. The highest BCUT2D eigenvalue weighted by Crippen LogP contribution is 2.28. The number of hydrazine groups is 1. The molecule has 1 unspecified atom stereocenters. The number of hydrogen-bond donors (Lipinski definition) is 3. The molecule has 2 aromatic carbocycles. The van der Waals surface area contributed by atoms with Crippen molar-refractivity contribution >= 4 is 34.4 Å². The van der Waals surface area contributed by atoms with Crippen molar-refractivity contribution in [3.8, 4) is 0 Å². The highest BCUT2D eigenvalue weighted by atomic mass is 35.5. The molecule has 166 valence electrons. The van der Waals surface area contributed by atoms with E-state index in [9.17, 15) is 19.5 Å². The number of rotatable bonds is 5. The van der Waals surface area contributed by atoms with Gasteiger partial charge < -0.3 is 15.4 Å². The summed E-state index contributed by atoms with van der Waals surface area (Å²) in [5, 5.41) is 17.2. The lowest BCUT2D eigenvalue weighted by atomic mass is 10.0. The number of piperazine rings is 1. The molecule has 2 heterocycles. The standard InChI is InChI=1S/C23H23ClN4O4/c1-14(29)28(27-8-7-25-12-20(27)15-5-3-2-4-6-15)13-17-10-18(24)9-16-11-19(23(31)32)22(30)26-21(16)17/h2-6,9-11,20,25H,7-8,12-13H2,1H3,(H,26,30)(H,31,32). The fourth-order valence-corrected chi connectivity index (χ4v) is 4.38. The van der Waals surface area contributed by atoms with Crippen LogP contribution in [0.2, 0.25) is 5.02 Å². The van der Waals surface area contributed by atoms with Gasteiger partial charge in [0.15, 0.2) is 0 Å². The number of carbonyl (C=O) groups excluding carboxylic acids is 1. The summed E-state index contributed by atoms with van der Waals surface area (Å²) in [7, 11) is 0. The number of carbonyl (C=O) groups is 2. The molecule has 9 heteroatoms. The van der Waals surface area contributed by atoms with Crippen LogP contribution in [-0.4, -0.2) is 51.6 Å². The number of hydrogen-bond acceptors (Lipinski definition) is 5. The first kappa shape index (κ1) is 22.0. The SMILES string of the molecule is CC(=O)N(Cc1cc(Cl)cc2cc(C(=O)O)c(=O)[nH]c12)N1CCNCC1c1ccccc1. The van der Waals surface area contributed by atoms with Crippen molar-refractivity contribution in [2.45, 2.75) is 19.5 Å². The molecule has 0 bridgehead atoms. The third-order valence-corrected chi connectivity index (χ3v) is 5.84. The maximum absolute atomic E-state index is 12.7. The molecule has 0 saturated carbocycles. The summed E-state index contributed by atoms with van der Waals surface area (Å²) in [6.07, 6.45) is 0. The lowest BCUT2D eigenvalue weighted by Crippen LogP contribution is -2.55. The van der Waals surface area contributed by atoms with Crippen molar-refractivity contribution in [3.05, 3.63) is 80.6 Å². The number of aromatic nitrogens is 1. The van der Waals surface area contributed by atoms with Crippen LogP contribution < -0.4 is 10.9 Å². The second-order valence-corrected chi connectivity index (χ2v) is 8.15. The molecule has 3 aromatic rings. The average molecular weight is 455 g/mol. The smallest absolute Gasteiger partial charge is 0.341 e. The van der Waals surface area contributed by atoms with Crippen LogP contribution in [-0.2, 0) is 11.3 Å². The van der Waals surface area contributed by atoms with Gasteiger partial charge in [-0.05, 0) is 29.3 Å². The Kier molecular flexibility index (Phi) is 6.27. The Bertz CT molecular complexity index is 1230. The van der Waals surface area contributed by atoms with E-state index in [4.69, 9.17) is 11.6 Å². The molecule has 0 spiro atoms. The second kappa shape index (κ2) is 9.12. The maximum atomic E-state index is 12.7. The van der Waals surface area contributed by atoms with Crippen LogP contribution in [0.5, 0.6) is 0 Å². The van der Waals surface area contributed by atoms with Gasteiger partial charge in [0, 0.05) is 37.0 Å². The van der Waals surface area contributed by atoms with E-state index in [1.807, 2.05) is 35.3 Å². The first-order chi connectivity index (χ1) is 15.3. The first-order valence-corrected chi connectivity index (χ1v) is 10.6. The molecule has 3 N–H and O–H groups in total. The number of carboxylic acid groups (broad SMARTS) is 1. The highest BCUT2D eigenvalue weighted by Gasteiger charge is 2.30. The Morgan fingerprint density at radius 3 is 2.66 bits per heavy atom. The Balaban J connectivity index is 1.76. The minimum absolute atomic E-state index is 0.0445. The third-order valence-electron chi connectivity index (χ3n) is 5.62. The monoisotopic (exact) mass is 454 g/mol. The highest BCUT2D eigenvalue weighted by molar-refractivity contribution is 6.31. The van der Waals surface area contributed by atoms with E-state index < -0.39 is 11.5 Å². The fourth-order valence-electron chi connectivity index (χ4n) is 4.13. The van der Waals surface area contributed by atoms with Crippen LogP contribution in [0, 0.1) is 0 Å². The van der Waals surface area contributed by atoms with Crippen LogP contribution in [0.15, 0.2) is 53.3 Å². The van der Waals surface area contributed by atoms with Gasteiger partial charge in [-0.1, -0.05) is 41.9 Å². The van der Waals surface area contributed by atoms with E-state index in [0.717, 1.165) is 12.1 Å². The molecule has 32 heavy (non-hydrogen) atoms. The van der Waals surface area contributed by atoms with Gasteiger partial charge in [-0.15, -0.1) is 0 Å². The van der Waals surface area contributed by atoms with Gasteiger partial charge in [-0.2, -0.15) is 0 Å². The largest absolute Gasteiger partial charge is 0.477 e. The van der Waals surface area contributed by atoms with Gasteiger partial charge in [0.25, 0.3) is 5.56 Å². The van der Waals surface area contributed by atoms with Crippen LogP contribution in [0.1, 0.15) is 34.5 Å². The third kappa shape index (κ3) is 4.38. The van der Waals surface area contributed by atoms with Crippen LogP contribution in [0.4, 0.5) is 0 Å². The summed E-state index contributed by atoms with van der Waals surface area (Å²) in [5.41, 5.74) is 1.11. The van der Waals surface area contributed by atoms with Crippen LogP contribution >= 0.6 is 11.6 Å². The Morgan fingerprint density at radius 1 is 1.22 bits per heavy atom. The number of benzene rings is 2. The molecule has 0 aliphatic carbocycles. The molecule has 1 amide bonds. The van der Waals surface area contributed by atoms with E-state index in [-0.39, 0.29) is 24.1 Å². The quantitative estimate of drug-likeness (QED) is 0.547. The number of amides is 1. The maximum Gasteiger partial charge on any atom is 0.341 e. The van der Waals surface area contributed by atoms with Crippen molar-refractivity contribution < 1.29 is 14.7 Å². The molecule has 1 fully saturated rings. The predicted octanol–water partition coefficient (Wildman–Crippen LogP) is 2.79. The molecule has 4 rings (SSSR count). The second-order valence-electron chi connectivity index (χ2n) is 7.72. The molecule has 1 saturated heterocycles. The normalized spacial score (nSPS) is 16.8. The van der Waals surface area contributed by atoms with Crippen molar-refractivity contribution in [1.82, 2.24) is 20.3 Å². The van der Waals surface area contributed by atoms with E-state index in [1.54, 1.807) is 17.1 Å². The first-order valence-electron chi connectivity index (χ1n) is 10.2. The summed E-state index contributed by atoms with van der Waals surface area (Å²) in [4.78, 5) is 39.1. The number of carboxylic acids is 1. The van der Waals surface area contributed by atoms with Gasteiger partial charge in [0.2, 0.25) is 5.91 Å². The molecular formula is C23H23ClN4O4. The molecule has 8 nitrogen and oxygen atoms in total. The van der Waals surface area contributed by atoms with Crippen LogP contribution in [0.25, 0.3) is 10.9 Å². The zero-order chi connectivity index (χ0) is 22.8. The van der Waals surface area contributed by atoms with E-state index in [1.165, 1.54) is 13.0 Å². The molecule has 1 atom stereocenters. The number of halogens is 1. The topological polar surface area (TPSA) is 106 Å². The van der Waals surface area contributed by atoms with Crippen molar-refractivity contribution in [2.75, 3.05) is 19.6 Å².